The van der Waals surface area contributed by atoms with Gasteiger partial charge in [0, 0.05) is 11.6 Å². The van der Waals surface area contributed by atoms with Gasteiger partial charge in [0.25, 0.3) is 11.8 Å². The standard InChI is InChI=1S/C30H38ClFN2O5/c1-18(2)20-11-21(19(3)4)13-23(12-20)39-16-27(36)33-29-7-9-30(10-8-29,26(35)15-29)34-28(37)17-38-22-5-6-24(31)25(32)14-22/h5-6,11-14,18-19,26,35H,7-10,15-17H2,1-4H3,(H,33,36)(H,34,37)/t26-,29?,30?/m0/s1. The highest BCUT2D eigenvalue weighted by Gasteiger charge is 2.55. The van der Waals surface area contributed by atoms with E-state index >= 15 is 0 Å². The second kappa shape index (κ2) is 11.7. The Balaban J connectivity index is 1.30. The van der Waals surface area contributed by atoms with Gasteiger partial charge < -0.3 is 25.2 Å². The predicted octanol–water partition coefficient (Wildman–Crippen LogP) is 5.23. The largest absolute Gasteiger partial charge is 0.484 e. The fourth-order valence-electron chi connectivity index (χ4n) is 5.57. The number of fused-ring (bicyclic) bond motifs is 3. The summed E-state index contributed by atoms with van der Waals surface area (Å²) in [6.45, 7) is 8.09. The molecule has 2 bridgehead atoms. The molecule has 39 heavy (non-hydrogen) atoms. The highest BCUT2D eigenvalue weighted by atomic mass is 35.5. The second-order valence-electron chi connectivity index (χ2n) is 11.6. The van der Waals surface area contributed by atoms with Crippen LogP contribution in [0.4, 0.5) is 4.39 Å². The number of carbonyl (C=O) groups excluding carboxylic acids is 2. The number of aliphatic hydroxyl groups is 1. The van der Waals surface area contributed by atoms with Crippen molar-refractivity contribution in [3.63, 3.8) is 0 Å². The fraction of sp³-hybridized carbons (Fsp3) is 0.533. The number of amides is 2. The lowest BCUT2D eigenvalue weighted by molar-refractivity contribution is -0.137. The van der Waals surface area contributed by atoms with Crippen LogP contribution in [-0.2, 0) is 9.59 Å². The molecule has 3 aliphatic rings. The number of hydrogen-bond acceptors (Lipinski definition) is 5. The fourth-order valence-corrected chi connectivity index (χ4v) is 5.69. The summed E-state index contributed by atoms with van der Waals surface area (Å²) in [5.74, 6) is 0.296. The van der Waals surface area contributed by atoms with Gasteiger partial charge in [-0.25, -0.2) is 4.39 Å². The van der Waals surface area contributed by atoms with Gasteiger partial charge in [-0.1, -0.05) is 45.4 Å². The Kier molecular flexibility index (Phi) is 8.76. The van der Waals surface area contributed by atoms with Crippen LogP contribution in [0.2, 0.25) is 5.02 Å². The second-order valence-corrected chi connectivity index (χ2v) is 12.0. The lowest BCUT2D eigenvalue weighted by Gasteiger charge is -2.56. The quantitative estimate of drug-likeness (QED) is 0.370. The van der Waals surface area contributed by atoms with E-state index in [1.165, 1.54) is 23.3 Å². The summed E-state index contributed by atoms with van der Waals surface area (Å²) in [5.41, 5.74) is 1.02. The number of carbonyl (C=O) groups is 2. The van der Waals surface area contributed by atoms with Gasteiger partial charge in [0.05, 0.1) is 16.7 Å². The monoisotopic (exact) mass is 560 g/mol. The average Bonchev–Trinajstić information content (AvgIpc) is 2.89. The molecular formula is C30H38ClFN2O5. The average molecular weight is 561 g/mol. The number of hydrogen-bond donors (Lipinski definition) is 3. The smallest absolute Gasteiger partial charge is 0.258 e. The minimum Gasteiger partial charge on any atom is -0.484 e. The van der Waals surface area contributed by atoms with E-state index in [2.05, 4.69) is 44.4 Å². The number of nitrogens with one attached hydrogen (secondary N) is 2. The Hall–Kier alpha value is -2.84. The third-order valence-corrected chi connectivity index (χ3v) is 8.34. The predicted molar refractivity (Wildman–Crippen MR) is 148 cm³/mol. The molecule has 3 N–H and O–H groups in total. The summed E-state index contributed by atoms with van der Waals surface area (Å²) in [4.78, 5) is 25.5. The summed E-state index contributed by atoms with van der Waals surface area (Å²) in [7, 11) is 0. The maximum atomic E-state index is 13.6. The van der Waals surface area contributed by atoms with Crippen LogP contribution < -0.4 is 20.1 Å². The highest BCUT2D eigenvalue weighted by molar-refractivity contribution is 6.30. The molecule has 3 saturated carbocycles. The van der Waals surface area contributed by atoms with E-state index in [0.717, 1.165) is 6.07 Å². The van der Waals surface area contributed by atoms with E-state index in [0.29, 0.717) is 49.7 Å². The molecule has 0 aliphatic heterocycles. The van der Waals surface area contributed by atoms with Crippen molar-refractivity contribution in [2.45, 2.75) is 88.8 Å². The molecular weight excluding hydrogens is 523 g/mol. The van der Waals surface area contributed by atoms with Crippen molar-refractivity contribution in [1.29, 1.82) is 0 Å². The molecule has 212 valence electrons. The molecule has 7 nitrogen and oxygen atoms in total. The van der Waals surface area contributed by atoms with Crippen LogP contribution in [-0.4, -0.2) is 47.3 Å². The van der Waals surface area contributed by atoms with Crippen molar-refractivity contribution < 1.29 is 28.6 Å². The van der Waals surface area contributed by atoms with Gasteiger partial charge in [-0.15, -0.1) is 0 Å². The highest BCUT2D eigenvalue weighted by Crippen LogP contribution is 2.47. The van der Waals surface area contributed by atoms with Gasteiger partial charge in [-0.05, 0) is 79.3 Å². The van der Waals surface area contributed by atoms with Crippen molar-refractivity contribution in [3.8, 4) is 11.5 Å². The molecule has 0 spiro atoms. The zero-order valence-corrected chi connectivity index (χ0v) is 23.7. The number of rotatable bonds is 10. The minimum atomic E-state index is -0.825. The molecule has 3 aliphatic carbocycles. The topological polar surface area (TPSA) is 96.9 Å². The molecule has 9 heteroatoms. The number of halogens is 2. The van der Waals surface area contributed by atoms with Crippen LogP contribution in [0.15, 0.2) is 36.4 Å². The van der Waals surface area contributed by atoms with E-state index in [4.69, 9.17) is 21.1 Å². The molecule has 2 aromatic carbocycles. The van der Waals surface area contributed by atoms with E-state index in [-0.39, 0.29) is 29.9 Å². The third kappa shape index (κ3) is 6.84. The minimum absolute atomic E-state index is 0.0269. The Labute approximate surface area is 234 Å². The van der Waals surface area contributed by atoms with Gasteiger partial charge in [-0.3, -0.25) is 9.59 Å². The van der Waals surface area contributed by atoms with Crippen molar-refractivity contribution in [3.05, 3.63) is 58.4 Å². The number of ether oxygens (including phenoxy) is 2. The Bertz CT molecular complexity index is 1180. The lowest BCUT2D eigenvalue weighted by atomic mass is 9.60. The first-order chi connectivity index (χ1) is 18.4. The van der Waals surface area contributed by atoms with Crippen molar-refractivity contribution in [2.24, 2.45) is 0 Å². The van der Waals surface area contributed by atoms with Crippen LogP contribution in [0.5, 0.6) is 11.5 Å². The van der Waals surface area contributed by atoms with Crippen molar-refractivity contribution >= 4 is 23.4 Å². The maximum Gasteiger partial charge on any atom is 0.258 e. The number of aliphatic hydroxyl groups excluding tert-OH is 1. The first-order valence-electron chi connectivity index (χ1n) is 13.6. The molecule has 3 fully saturated rings. The molecule has 0 radical (unpaired) electrons. The first kappa shape index (κ1) is 29.2. The Morgan fingerprint density at radius 3 is 2.03 bits per heavy atom. The molecule has 2 amide bonds. The first-order valence-corrected chi connectivity index (χ1v) is 13.9. The molecule has 0 saturated heterocycles. The molecule has 0 heterocycles. The zero-order valence-electron chi connectivity index (χ0n) is 23.0. The van der Waals surface area contributed by atoms with E-state index in [1.807, 2.05) is 12.1 Å². The van der Waals surface area contributed by atoms with Crippen molar-refractivity contribution in [1.82, 2.24) is 10.6 Å². The van der Waals surface area contributed by atoms with Crippen LogP contribution in [0.25, 0.3) is 0 Å². The van der Waals surface area contributed by atoms with Crippen molar-refractivity contribution in [2.75, 3.05) is 13.2 Å². The summed E-state index contributed by atoms with van der Waals surface area (Å²) < 4.78 is 24.9. The molecule has 5 rings (SSSR count). The normalized spacial score (nSPS) is 24.1. The van der Waals surface area contributed by atoms with Crippen LogP contribution in [0.1, 0.15) is 82.8 Å². The summed E-state index contributed by atoms with van der Waals surface area (Å²) in [6.07, 6.45) is 1.80. The van der Waals surface area contributed by atoms with Gasteiger partial charge in [0.15, 0.2) is 13.2 Å². The SMILES string of the molecule is CC(C)c1cc(OCC(=O)NC23CCC(NC(=O)COc4ccc(Cl)c(F)c4)(CC2)[C@@H](O)C3)cc(C(C)C)c1. The zero-order chi connectivity index (χ0) is 28.4. The van der Waals surface area contributed by atoms with Crippen LogP contribution >= 0.6 is 11.6 Å². The van der Waals surface area contributed by atoms with E-state index in [1.54, 1.807) is 0 Å². The summed E-state index contributed by atoms with van der Waals surface area (Å²) in [6, 6.07) is 10.1. The van der Waals surface area contributed by atoms with Gasteiger partial charge >= 0.3 is 0 Å². The Morgan fingerprint density at radius 2 is 1.49 bits per heavy atom. The van der Waals surface area contributed by atoms with Gasteiger partial charge in [0.2, 0.25) is 0 Å². The summed E-state index contributed by atoms with van der Waals surface area (Å²) in [5, 5.41) is 17.0. The molecule has 0 unspecified atom stereocenters. The lowest BCUT2D eigenvalue weighted by Crippen LogP contribution is -2.70. The third-order valence-electron chi connectivity index (χ3n) is 8.03. The van der Waals surface area contributed by atoms with Crippen LogP contribution in [0, 0.1) is 5.82 Å². The summed E-state index contributed by atoms with van der Waals surface area (Å²) >= 11 is 5.68. The Morgan fingerprint density at radius 1 is 0.923 bits per heavy atom. The number of benzene rings is 2. The molecule has 1 atom stereocenters. The molecule has 2 aromatic rings. The van der Waals surface area contributed by atoms with Gasteiger partial charge in [-0.2, -0.15) is 0 Å². The maximum absolute atomic E-state index is 13.6. The van der Waals surface area contributed by atoms with Crippen LogP contribution in [0.3, 0.4) is 0 Å². The van der Waals surface area contributed by atoms with E-state index < -0.39 is 28.9 Å². The molecule has 0 aromatic heterocycles. The van der Waals surface area contributed by atoms with E-state index in [9.17, 15) is 19.1 Å². The van der Waals surface area contributed by atoms with Gasteiger partial charge in [0.1, 0.15) is 17.3 Å².